The molecular weight excluding hydrogens is 414 g/mol. The van der Waals surface area contributed by atoms with Crippen LogP contribution in [0.4, 0.5) is 5.13 Å². The zero-order valence-electron chi connectivity index (χ0n) is 17.9. The molecule has 1 N–H and O–H groups in total. The molecule has 3 rings (SSSR count). The molecule has 0 radical (unpaired) electrons. The van der Waals surface area contributed by atoms with Crippen molar-refractivity contribution in [3.05, 3.63) is 64.7 Å². The van der Waals surface area contributed by atoms with E-state index in [0.717, 1.165) is 21.4 Å². The van der Waals surface area contributed by atoms with Gasteiger partial charge in [-0.3, -0.25) is 10.1 Å². The maximum Gasteiger partial charge on any atom is 0.266 e. The molecule has 1 atom stereocenters. The van der Waals surface area contributed by atoms with E-state index in [2.05, 4.69) is 54.5 Å². The van der Waals surface area contributed by atoms with Crippen LogP contribution in [0, 0.1) is 13.8 Å². The summed E-state index contributed by atoms with van der Waals surface area (Å²) in [6.07, 6.45) is -0.641. The molecule has 0 aliphatic rings. The van der Waals surface area contributed by atoms with E-state index in [4.69, 9.17) is 4.74 Å². The highest BCUT2D eigenvalue weighted by Crippen LogP contribution is 2.29. The van der Waals surface area contributed by atoms with E-state index in [1.165, 1.54) is 28.0 Å². The third kappa shape index (κ3) is 5.83. The zero-order valence-corrected chi connectivity index (χ0v) is 19.6. The van der Waals surface area contributed by atoms with E-state index in [1.807, 2.05) is 31.2 Å². The van der Waals surface area contributed by atoms with Gasteiger partial charge in [-0.25, -0.2) is 0 Å². The first kappa shape index (κ1) is 22.3. The molecule has 0 bridgehead atoms. The predicted octanol–water partition coefficient (Wildman–Crippen LogP) is 5.98. The van der Waals surface area contributed by atoms with Crippen molar-refractivity contribution in [1.82, 2.24) is 10.2 Å². The fourth-order valence-corrected chi connectivity index (χ4v) is 4.61. The molecule has 2 aromatic carbocycles. The average molecular weight is 442 g/mol. The second-order valence-corrected chi connectivity index (χ2v) is 9.72. The van der Waals surface area contributed by atoms with Gasteiger partial charge in [-0.05, 0) is 55.0 Å². The Morgan fingerprint density at radius 2 is 1.87 bits per heavy atom. The minimum absolute atomic E-state index is 0.240. The van der Waals surface area contributed by atoms with Gasteiger partial charge in [0.25, 0.3) is 5.91 Å². The number of nitrogens with zero attached hydrogens (tertiary/aromatic N) is 2. The van der Waals surface area contributed by atoms with Crippen LogP contribution in [-0.4, -0.2) is 22.2 Å². The van der Waals surface area contributed by atoms with Crippen molar-refractivity contribution < 1.29 is 9.53 Å². The van der Waals surface area contributed by atoms with Crippen LogP contribution < -0.4 is 10.1 Å². The van der Waals surface area contributed by atoms with E-state index < -0.39 is 6.10 Å². The quantitative estimate of drug-likeness (QED) is 0.344. The number of benzene rings is 2. The Labute approximate surface area is 186 Å². The third-order valence-corrected chi connectivity index (χ3v) is 6.82. The number of hydrogen-bond donors (Lipinski definition) is 1. The molecule has 1 amide bonds. The van der Waals surface area contributed by atoms with Crippen LogP contribution in [0.25, 0.3) is 0 Å². The van der Waals surface area contributed by atoms with Crippen molar-refractivity contribution in [3.8, 4) is 5.75 Å². The Hall–Kier alpha value is -2.38. The van der Waals surface area contributed by atoms with Gasteiger partial charge in [0.1, 0.15) is 5.75 Å². The zero-order chi connectivity index (χ0) is 21.7. The number of aryl methyl sites for hydroxylation is 2. The summed E-state index contributed by atoms with van der Waals surface area (Å²) in [5.41, 5.74) is 4.71. The molecule has 158 valence electrons. The fourth-order valence-electron chi connectivity index (χ4n) is 2.78. The van der Waals surface area contributed by atoms with Gasteiger partial charge in [0.15, 0.2) is 10.4 Å². The van der Waals surface area contributed by atoms with Gasteiger partial charge in [-0.15, -0.1) is 10.2 Å². The maximum absolute atomic E-state index is 12.6. The lowest BCUT2D eigenvalue weighted by Gasteiger charge is -2.17. The second kappa shape index (κ2) is 10.1. The molecule has 0 spiro atoms. The van der Waals surface area contributed by atoms with E-state index in [1.54, 1.807) is 18.7 Å². The second-order valence-electron chi connectivity index (χ2n) is 7.52. The predicted molar refractivity (Wildman–Crippen MR) is 125 cm³/mol. The van der Waals surface area contributed by atoms with Crippen molar-refractivity contribution >= 4 is 34.1 Å². The molecule has 0 fully saturated rings. The van der Waals surface area contributed by atoms with Crippen LogP contribution in [0.3, 0.4) is 0 Å². The largest absolute Gasteiger partial charge is 0.481 e. The highest BCUT2D eigenvalue weighted by molar-refractivity contribution is 8.00. The number of carbonyl (C=O) groups is 1. The lowest BCUT2D eigenvalue weighted by molar-refractivity contribution is -0.122. The molecular formula is C23H27N3O2S2. The Morgan fingerprint density at radius 3 is 2.60 bits per heavy atom. The Kier molecular flexibility index (Phi) is 7.50. The third-order valence-electron chi connectivity index (χ3n) is 4.80. The van der Waals surface area contributed by atoms with Gasteiger partial charge < -0.3 is 4.74 Å². The number of anilines is 1. The van der Waals surface area contributed by atoms with Crippen molar-refractivity contribution in [1.29, 1.82) is 0 Å². The summed E-state index contributed by atoms with van der Waals surface area (Å²) in [6, 6.07) is 14.4. The summed E-state index contributed by atoms with van der Waals surface area (Å²) in [5, 5.41) is 11.6. The normalized spacial score (nSPS) is 12.1. The molecule has 0 aliphatic heterocycles. The number of hydrogen-bond acceptors (Lipinski definition) is 6. The monoisotopic (exact) mass is 441 g/mol. The Morgan fingerprint density at radius 1 is 1.10 bits per heavy atom. The van der Waals surface area contributed by atoms with Crippen LogP contribution >= 0.6 is 23.1 Å². The molecule has 0 saturated heterocycles. The summed E-state index contributed by atoms with van der Waals surface area (Å²) >= 11 is 2.99. The lowest BCUT2D eigenvalue weighted by atomic mass is 10.0. The van der Waals surface area contributed by atoms with Gasteiger partial charge >= 0.3 is 0 Å². The highest BCUT2D eigenvalue weighted by Gasteiger charge is 2.18. The summed E-state index contributed by atoms with van der Waals surface area (Å²) in [6.45, 7) is 10.1. The summed E-state index contributed by atoms with van der Waals surface area (Å²) < 4.78 is 6.76. The van der Waals surface area contributed by atoms with Gasteiger partial charge in [0.2, 0.25) is 5.13 Å². The number of ether oxygens (including phenoxy) is 1. The number of amides is 1. The van der Waals surface area contributed by atoms with Crippen LogP contribution in [0.15, 0.2) is 46.8 Å². The first-order valence-electron chi connectivity index (χ1n) is 9.92. The van der Waals surface area contributed by atoms with Crippen LogP contribution in [-0.2, 0) is 10.5 Å². The number of rotatable bonds is 8. The number of nitrogens with one attached hydrogen (secondary N) is 1. The minimum atomic E-state index is -0.641. The topological polar surface area (TPSA) is 64.1 Å². The molecule has 1 heterocycles. The molecule has 7 heteroatoms. The van der Waals surface area contributed by atoms with Gasteiger partial charge in [-0.2, -0.15) is 0 Å². The van der Waals surface area contributed by atoms with Gasteiger partial charge in [-0.1, -0.05) is 73.3 Å². The van der Waals surface area contributed by atoms with Crippen molar-refractivity contribution in [2.24, 2.45) is 0 Å². The standard InChI is InChI=1S/C23H27N3O2S2/c1-14(2)18-11-10-16(4)20(12-18)28-17(5)21(27)24-22-25-26-23(30-22)29-13-19-9-7-6-8-15(19)3/h6-12,14,17H,13H2,1-5H3,(H,24,25,27). The summed E-state index contributed by atoms with van der Waals surface area (Å²) in [5.74, 6) is 1.71. The van der Waals surface area contributed by atoms with Gasteiger partial charge in [0.05, 0.1) is 0 Å². The molecule has 5 nitrogen and oxygen atoms in total. The lowest BCUT2D eigenvalue weighted by Crippen LogP contribution is -2.30. The van der Waals surface area contributed by atoms with Crippen LogP contribution in [0.2, 0.25) is 0 Å². The SMILES string of the molecule is Cc1ccccc1CSc1nnc(NC(=O)C(C)Oc2cc(C(C)C)ccc2C)s1. The first-order valence-corrected chi connectivity index (χ1v) is 11.7. The molecule has 1 unspecified atom stereocenters. The molecule has 30 heavy (non-hydrogen) atoms. The molecule has 0 saturated carbocycles. The van der Waals surface area contributed by atoms with Crippen molar-refractivity contribution in [2.45, 2.75) is 56.7 Å². The fraction of sp³-hybridized carbons (Fsp3) is 0.348. The molecule has 1 aromatic heterocycles. The number of thioether (sulfide) groups is 1. The summed E-state index contributed by atoms with van der Waals surface area (Å²) in [4.78, 5) is 12.6. The maximum atomic E-state index is 12.6. The summed E-state index contributed by atoms with van der Waals surface area (Å²) in [7, 11) is 0. The van der Waals surface area contributed by atoms with Gasteiger partial charge in [0, 0.05) is 5.75 Å². The van der Waals surface area contributed by atoms with Crippen LogP contribution in [0.1, 0.15) is 48.9 Å². The van der Waals surface area contributed by atoms with E-state index >= 15 is 0 Å². The van der Waals surface area contributed by atoms with E-state index in [-0.39, 0.29) is 5.91 Å². The smallest absolute Gasteiger partial charge is 0.266 e. The average Bonchev–Trinajstić information content (AvgIpc) is 3.16. The molecule has 3 aromatic rings. The number of carbonyl (C=O) groups excluding carboxylic acids is 1. The van der Waals surface area contributed by atoms with E-state index in [0.29, 0.717) is 11.0 Å². The first-order chi connectivity index (χ1) is 14.3. The van der Waals surface area contributed by atoms with E-state index in [9.17, 15) is 4.79 Å². The Balaban J connectivity index is 1.57. The van der Waals surface area contributed by atoms with Crippen molar-refractivity contribution in [3.63, 3.8) is 0 Å². The molecule has 0 aliphatic carbocycles. The highest BCUT2D eigenvalue weighted by atomic mass is 32.2. The Bertz CT molecular complexity index is 1020. The number of aromatic nitrogens is 2. The van der Waals surface area contributed by atoms with Crippen LogP contribution in [0.5, 0.6) is 5.75 Å². The van der Waals surface area contributed by atoms with Crippen molar-refractivity contribution in [2.75, 3.05) is 5.32 Å². The minimum Gasteiger partial charge on any atom is -0.481 e.